The van der Waals surface area contributed by atoms with Gasteiger partial charge in [0, 0.05) is 29.8 Å². The second-order valence-electron chi connectivity index (χ2n) is 8.22. The molecule has 0 saturated carbocycles. The van der Waals surface area contributed by atoms with E-state index in [9.17, 15) is 9.90 Å². The molecular weight excluding hydrogens is 461 g/mol. The van der Waals surface area contributed by atoms with E-state index in [-0.39, 0.29) is 23.3 Å². The molecule has 0 amide bonds. The number of nitrogens with zero attached hydrogens (tertiary/aromatic N) is 5. The molecule has 0 spiro atoms. The van der Waals surface area contributed by atoms with Gasteiger partial charge >= 0.3 is 5.69 Å². The Morgan fingerprint density at radius 2 is 2.00 bits per heavy atom. The normalized spacial score (nSPS) is 11.6. The molecule has 178 valence electrons. The van der Waals surface area contributed by atoms with Crippen LogP contribution in [0.3, 0.4) is 0 Å². The molecule has 1 aromatic carbocycles. The SMILES string of the molecule is CCn1c(CO)nn(-c2cc3c(C(C)C)cc(-c4c(C)cnc(OC)c4Cl)nc3cc2F)c1=O. The zero-order valence-corrected chi connectivity index (χ0v) is 20.3. The van der Waals surface area contributed by atoms with Crippen LogP contribution in [-0.4, -0.2) is 36.5 Å². The number of hydrogen-bond acceptors (Lipinski definition) is 6. The minimum absolute atomic E-state index is 0.00403. The second kappa shape index (κ2) is 9.15. The molecule has 8 nitrogen and oxygen atoms in total. The molecule has 0 fully saturated rings. The predicted molar refractivity (Wildman–Crippen MR) is 128 cm³/mol. The van der Waals surface area contributed by atoms with Crippen LogP contribution in [0.5, 0.6) is 5.88 Å². The average Bonchev–Trinajstić information content (AvgIpc) is 3.13. The average molecular weight is 486 g/mol. The van der Waals surface area contributed by atoms with Crippen molar-refractivity contribution in [3.8, 4) is 22.8 Å². The Labute approximate surface area is 200 Å². The van der Waals surface area contributed by atoms with Gasteiger partial charge in [0.1, 0.15) is 17.3 Å². The fraction of sp³-hybridized carbons (Fsp3) is 0.333. The minimum Gasteiger partial charge on any atom is -0.480 e. The summed E-state index contributed by atoms with van der Waals surface area (Å²) >= 11 is 6.56. The van der Waals surface area contributed by atoms with Crippen LogP contribution in [0.4, 0.5) is 4.39 Å². The van der Waals surface area contributed by atoms with Crippen molar-refractivity contribution in [2.75, 3.05) is 7.11 Å². The van der Waals surface area contributed by atoms with E-state index in [0.29, 0.717) is 33.7 Å². The lowest BCUT2D eigenvalue weighted by molar-refractivity contribution is 0.264. The maximum absolute atomic E-state index is 15.3. The molecule has 0 unspecified atom stereocenters. The van der Waals surface area contributed by atoms with Crippen molar-refractivity contribution in [2.45, 2.75) is 46.8 Å². The van der Waals surface area contributed by atoms with Crippen LogP contribution in [0.25, 0.3) is 27.8 Å². The summed E-state index contributed by atoms with van der Waals surface area (Å²) in [6, 6.07) is 4.78. The molecular formula is C24H25ClFN5O3. The lowest BCUT2D eigenvalue weighted by Gasteiger charge is -2.16. The third kappa shape index (κ3) is 3.84. The van der Waals surface area contributed by atoms with E-state index in [0.717, 1.165) is 15.8 Å². The Bertz CT molecular complexity index is 1460. The minimum atomic E-state index is -0.658. The van der Waals surface area contributed by atoms with Crippen molar-refractivity contribution in [1.29, 1.82) is 0 Å². The molecule has 4 rings (SSSR count). The van der Waals surface area contributed by atoms with Crippen LogP contribution in [-0.2, 0) is 13.2 Å². The summed E-state index contributed by atoms with van der Waals surface area (Å²) in [4.78, 5) is 21.7. The lowest BCUT2D eigenvalue weighted by Crippen LogP contribution is -2.24. The molecule has 0 bridgehead atoms. The molecule has 0 saturated heterocycles. The largest absolute Gasteiger partial charge is 0.480 e. The first kappa shape index (κ1) is 23.8. The number of aromatic nitrogens is 5. The highest BCUT2D eigenvalue weighted by Gasteiger charge is 2.21. The third-order valence-electron chi connectivity index (χ3n) is 5.78. The van der Waals surface area contributed by atoms with Gasteiger partial charge in [0.05, 0.1) is 18.3 Å². The number of fused-ring (bicyclic) bond motifs is 1. The Morgan fingerprint density at radius 3 is 2.59 bits per heavy atom. The molecule has 10 heteroatoms. The molecule has 1 N–H and O–H groups in total. The zero-order chi connectivity index (χ0) is 24.7. The molecule has 0 radical (unpaired) electrons. The number of pyridine rings is 2. The first-order valence-electron chi connectivity index (χ1n) is 10.8. The number of aliphatic hydroxyl groups excluding tert-OH is 1. The zero-order valence-electron chi connectivity index (χ0n) is 19.6. The number of aliphatic hydroxyl groups is 1. The summed E-state index contributed by atoms with van der Waals surface area (Å²) in [5.74, 6) is -0.152. The Kier molecular flexibility index (Phi) is 6.42. The van der Waals surface area contributed by atoms with Crippen LogP contribution in [0.1, 0.15) is 43.6 Å². The van der Waals surface area contributed by atoms with Gasteiger partial charge in [-0.25, -0.2) is 19.2 Å². The summed E-state index contributed by atoms with van der Waals surface area (Å²) < 4.78 is 22.9. The highest BCUT2D eigenvalue weighted by molar-refractivity contribution is 6.34. The van der Waals surface area contributed by atoms with Crippen molar-refractivity contribution in [3.05, 3.63) is 62.7 Å². The number of halogens is 2. The summed E-state index contributed by atoms with van der Waals surface area (Å²) in [5.41, 5.74) is 2.82. The maximum atomic E-state index is 15.3. The molecule has 3 heterocycles. The van der Waals surface area contributed by atoms with E-state index < -0.39 is 18.1 Å². The van der Waals surface area contributed by atoms with Crippen LogP contribution in [0, 0.1) is 12.7 Å². The number of hydrogen-bond donors (Lipinski definition) is 1. The van der Waals surface area contributed by atoms with Crippen molar-refractivity contribution < 1.29 is 14.2 Å². The highest BCUT2D eigenvalue weighted by atomic mass is 35.5. The highest BCUT2D eigenvalue weighted by Crippen LogP contribution is 2.38. The molecule has 0 atom stereocenters. The van der Waals surface area contributed by atoms with Crippen molar-refractivity contribution in [1.82, 2.24) is 24.3 Å². The first-order valence-corrected chi connectivity index (χ1v) is 11.2. The van der Waals surface area contributed by atoms with E-state index in [4.69, 9.17) is 21.3 Å². The van der Waals surface area contributed by atoms with Crippen LogP contribution in [0.2, 0.25) is 5.02 Å². The molecule has 3 aromatic heterocycles. The van der Waals surface area contributed by atoms with Crippen molar-refractivity contribution in [3.63, 3.8) is 0 Å². The van der Waals surface area contributed by atoms with Gasteiger partial charge in [-0.05, 0) is 43.0 Å². The van der Waals surface area contributed by atoms with Crippen molar-refractivity contribution in [2.24, 2.45) is 0 Å². The molecule has 4 aromatic rings. The van der Waals surface area contributed by atoms with Gasteiger partial charge < -0.3 is 9.84 Å². The van der Waals surface area contributed by atoms with Crippen LogP contribution >= 0.6 is 11.6 Å². The molecule has 0 aliphatic heterocycles. The van der Waals surface area contributed by atoms with Crippen molar-refractivity contribution >= 4 is 22.5 Å². The standard InChI is InChI=1S/C24H25ClFN5O3/c1-6-30-20(11-32)29-31(24(30)33)19-8-15-14(12(2)3)7-18(28-17(15)9-16(19)26)21-13(4)10-27-23(34-5)22(21)25/h7-10,12,32H,6,11H2,1-5H3. The number of ether oxygens (including phenoxy) is 1. The van der Waals surface area contributed by atoms with E-state index in [1.165, 1.54) is 17.7 Å². The van der Waals surface area contributed by atoms with Crippen LogP contribution in [0.15, 0.2) is 29.2 Å². The summed E-state index contributed by atoms with van der Waals surface area (Å²) in [7, 11) is 1.49. The van der Waals surface area contributed by atoms with Gasteiger partial charge in [-0.1, -0.05) is 25.4 Å². The fourth-order valence-corrected chi connectivity index (χ4v) is 4.44. The molecule has 34 heavy (non-hydrogen) atoms. The Hall–Kier alpha value is -3.30. The van der Waals surface area contributed by atoms with Gasteiger partial charge in [0.25, 0.3) is 0 Å². The number of aryl methyl sites for hydroxylation is 1. The maximum Gasteiger partial charge on any atom is 0.350 e. The van der Waals surface area contributed by atoms with E-state index in [2.05, 4.69) is 10.1 Å². The van der Waals surface area contributed by atoms with Gasteiger partial charge in [0.2, 0.25) is 5.88 Å². The summed E-state index contributed by atoms with van der Waals surface area (Å²) in [5, 5.41) is 14.7. The fourth-order valence-electron chi connectivity index (χ4n) is 4.07. The first-order chi connectivity index (χ1) is 16.2. The second-order valence-corrected chi connectivity index (χ2v) is 8.60. The number of rotatable bonds is 6. The third-order valence-corrected chi connectivity index (χ3v) is 6.13. The van der Waals surface area contributed by atoms with Gasteiger partial charge in [-0.15, -0.1) is 5.10 Å². The van der Waals surface area contributed by atoms with E-state index in [1.54, 1.807) is 19.2 Å². The predicted octanol–water partition coefficient (Wildman–Crippen LogP) is 4.39. The van der Waals surface area contributed by atoms with E-state index in [1.807, 2.05) is 26.8 Å². The van der Waals surface area contributed by atoms with Gasteiger partial charge in [-0.3, -0.25) is 4.57 Å². The van der Waals surface area contributed by atoms with E-state index >= 15 is 4.39 Å². The topological polar surface area (TPSA) is 95.1 Å². The van der Waals surface area contributed by atoms with Gasteiger partial charge in [-0.2, -0.15) is 4.68 Å². The lowest BCUT2D eigenvalue weighted by atomic mass is 9.95. The van der Waals surface area contributed by atoms with Gasteiger partial charge in [0.15, 0.2) is 11.6 Å². The summed E-state index contributed by atoms with van der Waals surface area (Å²) in [6.45, 7) is 7.54. The summed E-state index contributed by atoms with van der Waals surface area (Å²) in [6.07, 6.45) is 1.65. The molecule has 0 aliphatic carbocycles. The number of benzene rings is 1. The molecule has 0 aliphatic rings. The Morgan fingerprint density at radius 1 is 1.26 bits per heavy atom. The monoisotopic (exact) mass is 485 g/mol. The smallest absolute Gasteiger partial charge is 0.350 e. The quantitative estimate of drug-likeness (QED) is 0.435. The Balaban J connectivity index is 2.00. The van der Waals surface area contributed by atoms with Crippen LogP contribution < -0.4 is 10.4 Å². The number of methoxy groups -OCH3 is 1.